The SMILES string of the molecule is CC(CCSc1ccccc1-c1ccccc1)N(C)C. The van der Waals surface area contributed by atoms with Crippen LogP contribution in [0.4, 0.5) is 0 Å². The second-order valence-corrected chi connectivity index (χ2v) is 6.45. The fourth-order valence-electron chi connectivity index (χ4n) is 2.05. The Labute approximate surface area is 127 Å². The van der Waals surface area contributed by atoms with Crippen molar-refractivity contribution in [3.05, 3.63) is 54.6 Å². The summed E-state index contributed by atoms with van der Waals surface area (Å²) in [6.07, 6.45) is 1.21. The van der Waals surface area contributed by atoms with E-state index in [0.717, 1.165) is 5.75 Å². The van der Waals surface area contributed by atoms with Gasteiger partial charge in [-0.25, -0.2) is 0 Å². The fourth-order valence-corrected chi connectivity index (χ4v) is 3.24. The van der Waals surface area contributed by atoms with Crippen LogP contribution >= 0.6 is 11.8 Å². The predicted molar refractivity (Wildman–Crippen MR) is 90.4 cm³/mol. The lowest BCUT2D eigenvalue weighted by molar-refractivity contribution is 0.308. The lowest BCUT2D eigenvalue weighted by atomic mass is 10.1. The first-order chi connectivity index (χ1) is 9.68. The van der Waals surface area contributed by atoms with E-state index in [1.165, 1.54) is 22.4 Å². The summed E-state index contributed by atoms with van der Waals surface area (Å²) in [7, 11) is 4.29. The summed E-state index contributed by atoms with van der Waals surface area (Å²) in [5.41, 5.74) is 2.65. The van der Waals surface area contributed by atoms with Gasteiger partial charge in [0.15, 0.2) is 0 Å². The summed E-state index contributed by atoms with van der Waals surface area (Å²) in [5.74, 6) is 1.16. The highest BCUT2D eigenvalue weighted by molar-refractivity contribution is 7.99. The van der Waals surface area contributed by atoms with Gasteiger partial charge in [0, 0.05) is 10.9 Å². The number of thioether (sulfide) groups is 1. The molecule has 0 aliphatic rings. The van der Waals surface area contributed by atoms with Crippen molar-refractivity contribution in [2.75, 3.05) is 19.8 Å². The molecule has 20 heavy (non-hydrogen) atoms. The van der Waals surface area contributed by atoms with Crippen LogP contribution in [0.25, 0.3) is 11.1 Å². The Hall–Kier alpha value is -1.25. The zero-order valence-electron chi connectivity index (χ0n) is 12.5. The molecule has 0 aromatic heterocycles. The van der Waals surface area contributed by atoms with Gasteiger partial charge >= 0.3 is 0 Å². The van der Waals surface area contributed by atoms with Crippen LogP contribution in [0.2, 0.25) is 0 Å². The summed E-state index contributed by atoms with van der Waals surface area (Å²) in [6.45, 7) is 2.28. The minimum atomic E-state index is 0.631. The molecule has 2 aromatic rings. The van der Waals surface area contributed by atoms with E-state index >= 15 is 0 Å². The Bertz CT molecular complexity index is 522. The molecule has 0 saturated carbocycles. The lowest BCUT2D eigenvalue weighted by Gasteiger charge is -2.19. The minimum Gasteiger partial charge on any atom is -0.307 e. The molecule has 0 aliphatic heterocycles. The van der Waals surface area contributed by atoms with Crippen LogP contribution in [0.15, 0.2) is 59.5 Å². The highest BCUT2D eigenvalue weighted by Gasteiger charge is 2.07. The van der Waals surface area contributed by atoms with E-state index in [1.807, 2.05) is 11.8 Å². The van der Waals surface area contributed by atoms with E-state index in [4.69, 9.17) is 0 Å². The lowest BCUT2D eigenvalue weighted by Crippen LogP contribution is -2.24. The Morgan fingerprint density at radius 2 is 1.60 bits per heavy atom. The summed E-state index contributed by atoms with van der Waals surface area (Å²) >= 11 is 1.96. The molecule has 2 aromatic carbocycles. The predicted octanol–water partition coefficient (Wildman–Crippen LogP) is 4.79. The topological polar surface area (TPSA) is 3.24 Å². The van der Waals surface area contributed by atoms with Crippen LogP contribution in [0.3, 0.4) is 0 Å². The van der Waals surface area contributed by atoms with Crippen LogP contribution in [-0.4, -0.2) is 30.8 Å². The van der Waals surface area contributed by atoms with E-state index in [9.17, 15) is 0 Å². The van der Waals surface area contributed by atoms with Crippen molar-refractivity contribution in [3.63, 3.8) is 0 Å². The molecule has 0 heterocycles. The fraction of sp³-hybridized carbons (Fsp3) is 0.333. The molecule has 2 rings (SSSR count). The van der Waals surface area contributed by atoms with Crippen molar-refractivity contribution in [2.45, 2.75) is 24.3 Å². The first-order valence-electron chi connectivity index (χ1n) is 7.12. The number of hydrogen-bond acceptors (Lipinski definition) is 2. The maximum absolute atomic E-state index is 2.28. The van der Waals surface area contributed by atoms with Crippen LogP contribution < -0.4 is 0 Å². The van der Waals surface area contributed by atoms with Crippen molar-refractivity contribution >= 4 is 11.8 Å². The number of benzene rings is 2. The highest BCUT2D eigenvalue weighted by Crippen LogP contribution is 2.31. The monoisotopic (exact) mass is 285 g/mol. The first kappa shape index (κ1) is 15.1. The van der Waals surface area contributed by atoms with Gasteiger partial charge in [0.1, 0.15) is 0 Å². The molecule has 0 radical (unpaired) electrons. The summed E-state index contributed by atoms with van der Waals surface area (Å²) in [6, 6.07) is 20.0. The Morgan fingerprint density at radius 1 is 0.950 bits per heavy atom. The molecule has 2 heteroatoms. The molecule has 0 spiro atoms. The molecule has 0 amide bonds. The molecule has 0 aliphatic carbocycles. The average Bonchev–Trinajstić information content (AvgIpc) is 2.48. The normalized spacial score (nSPS) is 12.6. The third-order valence-corrected chi connectivity index (χ3v) is 4.75. The van der Waals surface area contributed by atoms with Crippen molar-refractivity contribution in [2.24, 2.45) is 0 Å². The van der Waals surface area contributed by atoms with Crippen LogP contribution in [0.5, 0.6) is 0 Å². The van der Waals surface area contributed by atoms with Crippen LogP contribution in [0.1, 0.15) is 13.3 Å². The van der Waals surface area contributed by atoms with Crippen LogP contribution in [0, 0.1) is 0 Å². The molecule has 1 unspecified atom stereocenters. The van der Waals surface area contributed by atoms with E-state index in [0.29, 0.717) is 6.04 Å². The number of rotatable bonds is 6. The van der Waals surface area contributed by atoms with E-state index < -0.39 is 0 Å². The van der Waals surface area contributed by atoms with Gasteiger partial charge in [0.25, 0.3) is 0 Å². The van der Waals surface area contributed by atoms with Crippen molar-refractivity contribution in [1.82, 2.24) is 4.90 Å². The van der Waals surface area contributed by atoms with Crippen molar-refractivity contribution < 1.29 is 0 Å². The first-order valence-corrected chi connectivity index (χ1v) is 8.10. The quantitative estimate of drug-likeness (QED) is 0.702. The summed E-state index contributed by atoms with van der Waals surface area (Å²) in [5, 5.41) is 0. The molecule has 0 fully saturated rings. The van der Waals surface area contributed by atoms with Gasteiger partial charge in [-0.2, -0.15) is 0 Å². The standard InChI is InChI=1S/C18H23NS/c1-15(19(2)3)13-14-20-18-12-8-7-11-17(18)16-9-5-4-6-10-16/h4-12,15H,13-14H2,1-3H3. The van der Waals surface area contributed by atoms with Crippen molar-refractivity contribution in [3.8, 4) is 11.1 Å². The largest absolute Gasteiger partial charge is 0.307 e. The van der Waals surface area contributed by atoms with Crippen molar-refractivity contribution in [1.29, 1.82) is 0 Å². The molecule has 0 saturated heterocycles. The number of nitrogens with zero attached hydrogens (tertiary/aromatic N) is 1. The molecule has 1 nitrogen and oxygen atoms in total. The Kier molecular flexibility index (Phi) is 5.69. The van der Waals surface area contributed by atoms with Gasteiger partial charge in [-0.15, -0.1) is 11.8 Å². The molecule has 1 atom stereocenters. The molecule has 0 N–H and O–H groups in total. The average molecular weight is 285 g/mol. The van der Waals surface area contributed by atoms with Gasteiger partial charge < -0.3 is 4.90 Å². The van der Waals surface area contributed by atoms with E-state index in [1.54, 1.807) is 0 Å². The van der Waals surface area contributed by atoms with Gasteiger partial charge in [0.05, 0.1) is 0 Å². The summed E-state index contributed by atoms with van der Waals surface area (Å²) < 4.78 is 0. The van der Waals surface area contributed by atoms with Crippen LogP contribution in [-0.2, 0) is 0 Å². The maximum atomic E-state index is 2.28. The highest BCUT2D eigenvalue weighted by atomic mass is 32.2. The second-order valence-electron chi connectivity index (χ2n) is 5.31. The number of hydrogen-bond donors (Lipinski definition) is 0. The minimum absolute atomic E-state index is 0.631. The van der Waals surface area contributed by atoms with Gasteiger partial charge in [-0.1, -0.05) is 48.5 Å². The van der Waals surface area contributed by atoms with Gasteiger partial charge in [-0.3, -0.25) is 0 Å². The summed E-state index contributed by atoms with van der Waals surface area (Å²) in [4.78, 5) is 3.66. The molecule has 0 bridgehead atoms. The van der Waals surface area contributed by atoms with E-state index in [2.05, 4.69) is 80.5 Å². The molecule has 106 valence electrons. The Morgan fingerprint density at radius 3 is 2.30 bits per heavy atom. The molecular weight excluding hydrogens is 262 g/mol. The zero-order valence-corrected chi connectivity index (χ0v) is 13.4. The van der Waals surface area contributed by atoms with Gasteiger partial charge in [0.2, 0.25) is 0 Å². The Balaban J connectivity index is 2.06. The smallest absolute Gasteiger partial charge is 0.0150 e. The zero-order chi connectivity index (χ0) is 14.4. The maximum Gasteiger partial charge on any atom is 0.0150 e. The van der Waals surface area contributed by atoms with E-state index in [-0.39, 0.29) is 0 Å². The third-order valence-electron chi connectivity index (χ3n) is 3.65. The second kappa shape index (κ2) is 7.51. The third kappa shape index (κ3) is 4.12. The molecular formula is C18H23NS. The van der Waals surface area contributed by atoms with Gasteiger partial charge in [-0.05, 0) is 50.4 Å².